The van der Waals surface area contributed by atoms with Crippen LogP contribution in [0.5, 0.6) is 0 Å². The van der Waals surface area contributed by atoms with Crippen molar-refractivity contribution in [2.75, 3.05) is 4.90 Å². The number of hydrogen-bond acceptors (Lipinski definition) is 5. The summed E-state index contributed by atoms with van der Waals surface area (Å²) in [5.74, 6) is -0.433. The number of fused-ring (bicyclic) bond motifs is 4. The lowest BCUT2D eigenvalue weighted by Crippen LogP contribution is -2.33. The van der Waals surface area contributed by atoms with Crippen LogP contribution in [0.4, 0.5) is 5.13 Å². The molecule has 5 nitrogen and oxygen atoms in total. The van der Waals surface area contributed by atoms with E-state index in [1.165, 1.54) is 16.9 Å². The number of nitrogens with zero attached hydrogens (tertiary/aromatic N) is 2. The molecule has 0 bridgehead atoms. The zero-order valence-corrected chi connectivity index (χ0v) is 20.4. The minimum atomic E-state index is -0.657. The molecule has 2 heterocycles. The second kappa shape index (κ2) is 9.06. The number of aryl methyl sites for hydroxylation is 1. The first-order valence-electron chi connectivity index (χ1n) is 11.8. The average Bonchev–Trinajstić information content (AvgIpc) is 3.34. The lowest BCUT2D eigenvalue weighted by Gasteiger charge is -2.20. The number of benzene rings is 4. The molecule has 0 aliphatic rings. The van der Waals surface area contributed by atoms with E-state index < -0.39 is 11.5 Å². The van der Waals surface area contributed by atoms with Crippen LogP contribution in [0.1, 0.15) is 28.4 Å². The maximum absolute atomic E-state index is 14.0. The van der Waals surface area contributed by atoms with Crippen molar-refractivity contribution in [1.29, 1.82) is 0 Å². The monoisotopic (exact) mass is 490 g/mol. The zero-order chi connectivity index (χ0) is 24.6. The van der Waals surface area contributed by atoms with E-state index in [1.807, 2.05) is 66.7 Å². The van der Waals surface area contributed by atoms with Crippen molar-refractivity contribution in [3.05, 3.63) is 118 Å². The fourth-order valence-corrected chi connectivity index (χ4v) is 5.48. The topological polar surface area (TPSA) is 63.4 Å². The molecule has 1 amide bonds. The van der Waals surface area contributed by atoms with Crippen molar-refractivity contribution >= 4 is 54.3 Å². The van der Waals surface area contributed by atoms with Crippen LogP contribution in [0.3, 0.4) is 0 Å². The first-order chi connectivity index (χ1) is 17.6. The summed E-state index contributed by atoms with van der Waals surface area (Å²) in [6, 6.07) is 29.0. The second-order valence-corrected chi connectivity index (χ2v) is 9.68. The highest BCUT2D eigenvalue weighted by Crippen LogP contribution is 2.32. The molecule has 0 spiro atoms. The molecule has 0 saturated carbocycles. The van der Waals surface area contributed by atoms with Crippen LogP contribution in [-0.2, 0) is 13.0 Å². The van der Waals surface area contributed by atoms with Gasteiger partial charge in [0.15, 0.2) is 5.13 Å². The van der Waals surface area contributed by atoms with Gasteiger partial charge >= 0.3 is 5.63 Å². The number of rotatable bonds is 5. The summed E-state index contributed by atoms with van der Waals surface area (Å²) in [4.78, 5) is 33.3. The molecule has 2 aromatic heterocycles. The quantitative estimate of drug-likeness (QED) is 0.193. The number of carbonyl (C=O) groups excluding carboxylic acids is 1. The van der Waals surface area contributed by atoms with Crippen molar-refractivity contribution in [1.82, 2.24) is 4.98 Å². The van der Waals surface area contributed by atoms with Crippen molar-refractivity contribution in [2.24, 2.45) is 0 Å². The maximum Gasteiger partial charge on any atom is 0.349 e. The fourth-order valence-electron chi connectivity index (χ4n) is 4.45. The summed E-state index contributed by atoms with van der Waals surface area (Å²) in [5, 5.41) is 3.21. The summed E-state index contributed by atoms with van der Waals surface area (Å²) in [5.41, 5.74) is 2.76. The maximum atomic E-state index is 14.0. The van der Waals surface area contributed by atoms with Crippen LogP contribution < -0.4 is 10.5 Å². The van der Waals surface area contributed by atoms with Gasteiger partial charge < -0.3 is 4.42 Å². The standard InChI is InChI=1S/C30H22N2O3S/c1-2-19-12-14-25-27(16-19)36-30(31-25)32(18-20-8-4-3-5-9-20)28(33)24-17-23-22-11-7-6-10-21(22)13-15-26(23)35-29(24)34/h3-17H,2,18H2,1H3. The molecule has 4 aromatic carbocycles. The van der Waals surface area contributed by atoms with E-state index in [-0.39, 0.29) is 12.1 Å². The van der Waals surface area contributed by atoms with Crippen molar-refractivity contribution in [3.63, 3.8) is 0 Å². The molecule has 0 unspecified atom stereocenters. The Morgan fingerprint density at radius 1 is 0.889 bits per heavy atom. The molecule has 0 saturated heterocycles. The van der Waals surface area contributed by atoms with Gasteiger partial charge in [0.1, 0.15) is 11.1 Å². The van der Waals surface area contributed by atoms with E-state index in [9.17, 15) is 9.59 Å². The third kappa shape index (κ3) is 3.95. The van der Waals surface area contributed by atoms with E-state index in [4.69, 9.17) is 9.40 Å². The molecular formula is C30H22N2O3S. The van der Waals surface area contributed by atoms with Crippen LogP contribution in [0.15, 0.2) is 100 Å². The van der Waals surface area contributed by atoms with Gasteiger partial charge in [-0.05, 0) is 52.6 Å². The molecule has 0 aliphatic carbocycles. The van der Waals surface area contributed by atoms with Crippen LogP contribution in [0.25, 0.3) is 32.0 Å². The molecule has 0 N–H and O–H groups in total. The number of amides is 1. The van der Waals surface area contributed by atoms with Gasteiger partial charge in [-0.25, -0.2) is 9.78 Å². The molecule has 6 rings (SSSR count). The molecule has 176 valence electrons. The Kier molecular flexibility index (Phi) is 5.58. The number of carbonyl (C=O) groups is 1. The molecule has 0 fully saturated rings. The Labute approximate surface area is 211 Å². The summed E-state index contributed by atoms with van der Waals surface area (Å²) in [6.45, 7) is 2.39. The molecule has 0 radical (unpaired) electrons. The lowest BCUT2D eigenvalue weighted by atomic mass is 10.0. The lowest BCUT2D eigenvalue weighted by molar-refractivity contribution is 0.0981. The number of aromatic nitrogens is 1. The summed E-state index contributed by atoms with van der Waals surface area (Å²) in [6.07, 6.45) is 0.919. The van der Waals surface area contributed by atoms with Crippen molar-refractivity contribution in [3.8, 4) is 0 Å². The van der Waals surface area contributed by atoms with Crippen molar-refractivity contribution < 1.29 is 9.21 Å². The Bertz CT molecular complexity index is 1800. The summed E-state index contributed by atoms with van der Waals surface area (Å²) < 4.78 is 6.63. The third-order valence-corrected chi connectivity index (χ3v) is 7.42. The molecule has 6 heteroatoms. The van der Waals surface area contributed by atoms with E-state index in [1.54, 1.807) is 17.0 Å². The third-order valence-electron chi connectivity index (χ3n) is 6.38. The largest absolute Gasteiger partial charge is 0.422 e. The van der Waals surface area contributed by atoms with E-state index in [2.05, 4.69) is 19.1 Å². The van der Waals surface area contributed by atoms with Crippen LogP contribution in [0.2, 0.25) is 0 Å². The Morgan fingerprint density at radius 2 is 1.69 bits per heavy atom. The van der Waals surface area contributed by atoms with E-state index >= 15 is 0 Å². The van der Waals surface area contributed by atoms with Crippen LogP contribution in [-0.4, -0.2) is 10.9 Å². The fraction of sp³-hybridized carbons (Fsp3) is 0.100. The average molecular weight is 491 g/mol. The predicted molar refractivity (Wildman–Crippen MR) is 146 cm³/mol. The summed E-state index contributed by atoms with van der Waals surface area (Å²) >= 11 is 1.45. The molecular weight excluding hydrogens is 468 g/mol. The molecule has 6 aromatic rings. The number of anilines is 1. The van der Waals surface area contributed by atoms with E-state index in [0.717, 1.165) is 38.4 Å². The van der Waals surface area contributed by atoms with Crippen molar-refractivity contribution in [2.45, 2.75) is 19.9 Å². The Morgan fingerprint density at radius 3 is 2.53 bits per heavy atom. The zero-order valence-electron chi connectivity index (χ0n) is 19.6. The van der Waals surface area contributed by atoms with Gasteiger partial charge in [0.2, 0.25) is 0 Å². The van der Waals surface area contributed by atoms with Gasteiger partial charge in [-0.3, -0.25) is 9.69 Å². The van der Waals surface area contributed by atoms with Gasteiger partial charge in [-0.15, -0.1) is 0 Å². The minimum Gasteiger partial charge on any atom is -0.422 e. The highest BCUT2D eigenvalue weighted by Gasteiger charge is 2.25. The normalized spacial score (nSPS) is 11.4. The van der Waals surface area contributed by atoms with Crippen LogP contribution in [0, 0.1) is 0 Å². The number of hydrogen-bond donors (Lipinski definition) is 0. The first-order valence-corrected chi connectivity index (χ1v) is 12.6. The summed E-state index contributed by atoms with van der Waals surface area (Å²) in [7, 11) is 0. The highest BCUT2D eigenvalue weighted by molar-refractivity contribution is 7.22. The van der Waals surface area contributed by atoms with Gasteiger partial charge in [-0.2, -0.15) is 0 Å². The molecule has 0 atom stereocenters. The van der Waals surface area contributed by atoms with E-state index in [0.29, 0.717) is 10.7 Å². The Hall–Kier alpha value is -4.29. The smallest absolute Gasteiger partial charge is 0.349 e. The Balaban J connectivity index is 1.51. The van der Waals surface area contributed by atoms with Gasteiger partial charge in [-0.1, -0.05) is 85.0 Å². The van der Waals surface area contributed by atoms with Gasteiger partial charge in [0, 0.05) is 5.39 Å². The molecule has 0 aliphatic heterocycles. The highest BCUT2D eigenvalue weighted by atomic mass is 32.1. The molecule has 36 heavy (non-hydrogen) atoms. The second-order valence-electron chi connectivity index (χ2n) is 8.68. The van der Waals surface area contributed by atoms with Gasteiger partial charge in [0.05, 0.1) is 16.8 Å². The number of thiazole rings is 1. The SMILES string of the molecule is CCc1ccc2nc(N(Cc3ccccc3)C(=O)c3cc4c(ccc5ccccc54)oc3=O)sc2c1. The minimum absolute atomic E-state index is 0.0108. The predicted octanol–water partition coefficient (Wildman–Crippen LogP) is 6.97. The van der Waals surface area contributed by atoms with Crippen LogP contribution >= 0.6 is 11.3 Å². The first kappa shape index (κ1) is 22.2. The van der Waals surface area contributed by atoms with Gasteiger partial charge in [0.25, 0.3) is 5.91 Å².